The summed E-state index contributed by atoms with van der Waals surface area (Å²) in [4.78, 5) is 32.4. The van der Waals surface area contributed by atoms with Crippen molar-refractivity contribution < 1.29 is 18.7 Å². The third kappa shape index (κ3) is 6.34. The first kappa shape index (κ1) is 24.9. The van der Waals surface area contributed by atoms with Gasteiger partial charge in [0, 0.05) is 24.8 Å². The number of methoxy groups -OCH3 is 1. The summed E-state index contributed by atoms with van der Waals surface area (Å²) in [6, 6.07) is 8.86. The first-order chi connectivity index (χ1) is 15.5. The minimum Gasteiger partial charge on any atom is -0.497 e. The van der Waals surface area contributed by atoms with Gasteiger partial charge in [0.15, 0.2) is 11.9 Å². The molecular formula is C23H30FN5O3. The lowest BCUT2D eigenvalue weighted by Crippen LogP contribution is -2.30. The molecule has 1 aliphatic rings. The number of imidazole rings is 1. The summed E-state index contributed by atoms with van der Waals surface area (Å²) in [6.45, 7) is 5.86. The Morgan fingerprint density at radius 1 is 1.16 bits per heavy atom. The van der Waals surface area contributed by atoms with Crippen LogP contribution in [0.15, 0.2) is 36.5 Å². The molecule has 8 nitrogen and oxygen atoms in total. The maximum absolute atomic E-state index is 12.3. The highest BCUT2D eigenvalue weighted by Gasteiger charge is 2.15. The normalized spacial score (nSPS) is 13.9. The second-order valence-electron chi connectivity index (χ2n) is 6.94. The number of fused-ring (bicyclic) bond motifs is 1. The van der Waals surface area contributed by atoms with Crippen molar-refractivity contribution in [3.05, 3.63) is 42.1 Å². The molecule has 3 heterocycles. The average Bonchev–Trinajstić information content (AvgIpc) is 3.20. The second-order valence-corrected chi connectivity index (χ2v) is 6.94. The summed E-state index contributed by atoms with van der Waals surface area (Å²) >= 11 is 0. The third-order valence-electron chi connectivity index (χ3n) is 4.82. The van der Waals surface area contributed by atoms with E-state index in [0.717, 1.165) is 31.6 Å². The van der Waals surface area contributed by atoms with E-state index >= 15 is 0 Å². The fourth-order valence-corrected chi connectivity index (χ4v) is 3.15. The molecule has 0 radical (unpaired) electrons. The third-order valence-corrected chi connectivity index (χ3v) is 4.82. The van der Waals surface area contributed by atoms with Crippen molar-refractivity contribution in [3.63, 3.8) is 0 Å². The molecule has 1 aliphatic heterocycles. The van der Waals surface area contributed by atoms with Crippen LogP contribution in [0.3, 0.4) is 0 Å². The van der Waals surface area contributed by atoms with Crippen LogP contribution in [0.4, 0.5) is 10.3 Å². The van der Waals surface area contributed by atoms with Gasteiger partial charge in [-0.1, -0.05) is 13.8 Å². The Bertz CT molecular complexity index is 989. The van der Waals surface area contributed by atoms with Gasteiger partial charge in [0.05, 0.1) is 12.8 Å². The zero-order valence-corrected chi connectivity index (χ0v) is 18.9. The van der Waals surface area contributed by atoms with Crippen molar-refractivity contribution in [2.75, 3.05) is 32.6 Å². The molecule has 0 spiro atoms. The van der Waals surface area contributed by atoms with Gasteiger partial charge < -0.3 is 9.64 Å². The van der Waals surface area contributed by atoms with Crippen LogP contribution in [0.2, 0.25) is 0 Å². The van der Waals surface area contributed by atoms with Crippen LogP contribution in [-0.2, 0) is 4.79 Å². The predicted molar refractivity (Wildman–Crippen MR) is 123 cm³/mol. The number of carbonyl (C=O) groups is 2. The number of carbonyl (C=O) groups excluding carboxylic acids is 2. The Kier molecular flexibility index (Phi) is 9.75. The molecule has 3 aromatic rings. The summed E-state index contributed by atoms with van der Waals surface area (Å²) in [6.07, 6.45) is 3.65. The van der Waals surface area contributed by atoms with Crippen LogP contribution >= 0.6 is 0 Å². The van der Waals surface area contributed by atoms with E-state index in [0.29, 0.717) is 41.1 Å². The molecule has 0 bridgehead atoms. The highest BCUT2D eigenvalue weighted by Crippen LogP contribution is 2.25. The topological polar surface area (TPSA) is 89.4 Å². The summed E-state index contributed by atoms with van der Waals surface area (Å²) in [5.41, 5.74) is 2.24. The van der Waals surface area contributed by atoms with Crippen LogP contribution in [0.5, 0.6) is 5.75 Å². The van der Waals surface area contributed by atoms with Crippen molar-refractivity contribution in [3.8, 4) is 11.4 Å². The zero-order valence-electron chi connectivity index (χ0n) is 18.9. The molecule has 1 N–H and O–H groups in total. The number of anilines is 1. The second kappa shape index (κ2) is 12.5. The Morgan fingerprint density at radius 2 is 1.81 bits per heavy atom. The van der Waals surface area contributed by atoms with E-state index in [1.807, 2.05) is 33.0 Å². The number of alkyl halides is 1. The number of ether oxygens (including phenoxy) is 1. The van der Waals surface area contributed by atoms with E-state index in [1.165, 1.54) is 6.20 Å². The van der Waals surface area contributed by atoms with E-state index in [1.54, 1.807) is 29.9 Å². The molecule has 0 saturated carbocycles. The lowest BCUT2D eigenvalue weighted by Gasteiger charge is -2.23. The van der Waals surface area contributed by atoms with E-state index in [-0.39, 0.29) is 0 Å². The lowest BCUT2D eigenvalue weighted by atomic mass is 10.1. The Labute approximate surface area is 187 Å². The van der Waals surface area contributed by atoms with Gasteiger partial charge >= 0.3 is 0 Å². The molecule has 0 atom stereocenters. The molecule has 4 rings (SSSR count). The average molecular weight is 444 g/mol. The SMILES string of the molecule is CC.CN1CCC(F)CC1.COc1ccc(-n2c(NC=O)nc3cc(C=O)cnc32)cc1. The van der Waals surface area contributed by atoms with Crippen molar-refractivity contribution in [2.24, 2.45) is 0 Å². The standard InChI is InChI=1S/C15H12N4O3.C6H12FN.C2H6/c1-22-12-4-2-11(3-5-12)19-14-13(18-15(19)17-9-21)6-10(8-20)7-16-14;1-8-4-2-6(7)3-5-8;1-2/h2-9H,1H3,(H,17,18,21);6H,2-5H2,1H3;1-2H3. The molecule has 0 unspecified atom stereocenters. The van der Waals surface area contributed by atoms with Crippen LogP contribution in [0.25, 0.3) is 16.9 Å². The van der Waals surface area contributed by atoms with Gasteiger partial charge in [-0.3, -0.25) is 19.5 Å². The number of likely N-dealkylation sites (tertiary alicyclic amines) is 1. The van der Waals surface area contributed by atoms with E-state index in [4.69, 9.17) is 4.74 Å². The molecule has 2 aromatic heterocycles. The Morgan fingerprint density at radius 3 is 2.34 bits per heavy atom. The molecule has 1 amide bonds. The first-order valence-corrected chi connectivity index (χ1v) is 10.6. The number of halogens is 1. The highest BCUT2D eigenvalue weighted by atomic mass is 19.1. The molecule has 1 aromatic carbocycles. The molecule has 1 saturated heterocycles. The van der Waals surface area contributed by atoms with Gasteiger partial charge in [0.1, 0.15) is 17.4 Å². The molecule has 172 valence electrons. The number of amides is 1. The molecule has 1 fully saturated rings. The molecule has 9 heteroatoms. The monoisotopic (exact) mass is 443 g/mol. The highest BCUT2D eigenvalue weighted by molar-refractivity contribution is 5.86. The molecule has 0 aliphatic carbocycles. The van der Waals surface area contributed by atoms with Gasteiger partial charge in [0.2, 0.25) is 12.4 Å². The number of piperidine rings is 1. The lowest BCUT2D eigenvalue weighted by molar-refractivity contribution is -0.105. The summed E-state index contributed by atoms with van der Waals surface area (Å²) in [5, 5.41) is 2.54. The van der Waals surface area contributed by atoms with E-state index < -0.39 is 6.17 Å². The van der Waals surface area contributed by atoms with Crippen LogP contribution in [0, 0.1) is 0 Å². The van der Waals surface area contributed by atoms with Crippen LogP contribution < -0.4 is 10.1 Å². The number of pyridine rings is 1. The largest absolute Gasteiger partial charge is 0.497 e. The number of benzene rings is 1. The minimum absolute atomic E-state index is 0.325. The van der Waals surface area contributed by atoms with Gasteiger partial charge in [-0.2, -0.15) is 0 Å². The van der Waals surface area contributed by atoms with Gasteiger partial charge in [-0.15, -0.1) is 0 Å². The van der Waals surface area contributed by atoms with Gasteiger partial charge in [-0.05, 0) is 50.2 Å². The number of hydrogen-bond acceptors (Lipinski definition) is 6. The number of nitrogens with zero attached hydrogens (tertiary/aromatic N) is 4. The Balaban J connectivity index is 0.000000304. The minimum atomic E-state index is -0.522. The van der Waals surface area contributed by atoms with Gasteiger partial charge in [-0.25, -0.2) is 14.4 Å². The van der Waals surface area contributed by atoms with Crippen LogP contribution in [-0.4, -0.2) is 65.5 Å². The van der Waals surface area contributed by atoms with E-state index in [2.05, 4.69) is 20.2 Å². The van der Waals surface area contributed by atoms with Gasteiger partial charge in [0.25, 0.3) is 0 Å². The fourth-order valence-electron chi connectivity index (χ4n) is 3.15. The number of rotatable bonds is 5. The summed E-state index contributed by atoms with van der Waals surface area (Å²) in [5.74, 6) is 1.04. The number of hydrogen-bond donors (Lipinski definition) is 1. The smallest absolute Gasteiger partial charge is 0.216 e. The maximum atomic E-state index is 12.3. The maximum Gasteiger partial charge on any atom is 0.216 e. The Hall–Kier alpha value is -3.33. The zero-order chi connectivity index (χ0) is 23.5. The van der Waals surface area contributed by atoms with Crippen molar-refractivity contribution in [1.82, 2.24) is 19.4 Å². The predicted octanol–water partition coefficient (Wildman–Crippen LogP) is 3.89. The van der Waals surface area contributed by atoms with E-state index in [9.17, 15) is 14.0 Å². The number of nitrogens with one attached hydrogen (secondary N) is 1. The quantitative estimate of drug-likeness (QED) is 0.602. The number of aromatic nitrogens is 3. The van der Waals surface area contributed by atoms with Crippen molar-refractivity contribution in [2.45, 2.75) is 32.9 Å². The first-order valence-electron chi connectivity index (χ1n) is 10.6. The van der Waals surface area contributed by atoms with Crippen molar-refractivity contribution in [1.29, 1.82) is 0 Å². The molecular weight excluding hydrogens is 413 g/mol. The van der Waals surface area contributed by atoms with Crippen LogP contribution in [0.1, 0.15) is 37.0 Å². The fraction of sp³-hybridized carbons (Fsp3) is 0.391. The molecule has 32 heavy (non-hydrogen) atoms. The summed E-state index contributed by atoms with van der Waals surface area (Å²) in [7, 11) is 3.62. The summed E-state index contributed by atoms with van der Waals surface area (Å²) < 4.78 is 19.2. The van der Waals surface area contributed by atoms with Crippen molar-refractivity contribution >= 4 is 29.8 Å². The number of aldehydes is 1.